The van der Waals surface area contributed by atoms with E-state index in [4.69, 9.17) is 5.73 Å². The highest BCUT2D eigenvalue weighted by Crippen LogP contribution is 2.36. The predicted molar refractivity (Wildman–Crippen MR) is 69.3 cm³/mol. The fourth-order valence-electron chi connectivity index (χ4n) is 2.42. The molecule has 1 unspecified atom stereocenters. The van der Waals surface area contributed by atoms with Gasteiger partial charge in [-0.1, -0.05) is 23.3 Å². The summed E-state index contributed by atoms with van der Waals surface area (Å²) in [6.45, 7) is 6.35. The first kappa shape index (κ1) is 11.1. The van der Waals surface area contributed by atoms with Gasteiger partial charge in [-0.25, -0.2) is 0 Å². The van der Waals surface area contributed by atoms with E-state index in [0.717, 1.165) is 18.5 Å². The number of aliphatic imine (C=N–C) groups is 1. The molecule has 2 aliphatic rings. The van der Waals surface area contributed by atoms with Crippen LogP contribution in [0.2, 0.25) is 0 Å². The molecule has 2 nitrogen and oxygen atoms in total. The van der Waals surface area contributed by atoms with Gasteiger partial charge in [0.05, 0.1) is 5.70 Å². The minimum absolute atomic E-state index is 0.357. The zero-order chi connectivity index (χ0) is 11.5. The normalized spacial score (nSPS) is 24.5. The van der Waals surface area contributed by atoms with Crippen molar-refractivity contribution in [1.29, 1.82) is 0 Å². The molecule has 0 radical (unpaired) electrons. The van der Waals surface area contributed by atoms with Crippen LogP contribution in [0.15, 0.2) is 51.7 Å². The summed E-state index contributed by atoms with van der Waals surface area (Å²) in [6, 6.07) is 0. The molecule has 0 heterocycles. The fourth-order valence-corrected chi connectivity index (χ4v) is 2.42. The lowest BCUT2D eigenvalue weighted by Gasteiger charge is -2.20. The molecule has 16 heavy (non-hydrogen) atoms. The third-order valence-corrected chi connectivity index (χ3v) is 3.32. The summed E-state index contributed by atoms with van der Waals surface area (Å²) in [6.07, 6.45) is 10.9. The Morgan fingerprint density at radius 1 is 1.56 bits per heavy atom. The Kier molecular flexibility index (Phi) is 3.20. The largest absolute Gasteiger partial charge is 0.327 e. The van der Waals surface area contributed by atoms with E-state index >= 15 is 0 Å². The van der Waals surface area contributed by atoms with Crippen LogP contribution in [0.1, 0.15) is 19.8 Å². The summed E-state index contributed by atoms with van der Waals surface area (Å²) in [5.74, 6) is 0.357. The van der Waals surface area contributed by atoms with Crippen LogP contribution < -0.4 is 5.73 Å². The van der Waals surface area contributed by atoms with Gasteiger partial charge in [0.15, 0.2) is 0 Å². The number of hydrogen-bond acceptors (Lipinski definition) is 2. The van der Waals surface area contributed by atoms with Crippen LogP contribution in [0, 0.1) is 5.92 Å². The molecule has 2 aliphatic carbocycles. The molecule has 2 rings (SSSR count). The lowest BCUT2D eigenvalue weighted by atomic mass is 9.85. The third-order valence-electron chi connectivity index (χ3n) is 3.32. The topological polar surface area (TPSA) is 38.4 Å². The van der Waals surface area contributed by atoms with E-state index in [1.807, 2.05) is 0 Å². The van der Waals surface area contributed by atoms with Gasteiger partial charge in [0.1, 0.15) is 0 Å². The molecule has 0 amide bonds. The average molecular weight is 214 g/mol. The maximum atomic E-state index is 5.79. The van der Waals surface area contributed by atoms with Gasteiger partial charge in [-0.15, -0.1) is 0 Å². The molecule has 2 heteroatoms. The van der Waals surface area contributed by atoms with Crippen molar-refractivity contribution in [2.24, 2.45) is 16.6 Å². The Morgan fingerprint density at radius 3 is 3.00 bits per heavy atom. The van der Waals surface area contributed by atoms with Gasteiger partial charge in [0, 0.05) is 12.5 Å². The Balaban J connectivity index is 2.34. The highest BCUT2D eigenvalue weighted by Gasteiger charge is 2.23. The van der Waals surface area contributed by atoms with Gasteiger partial charge in [0.2, 0.25) is 0 Å². The Bertz CT molecular complexity index is 422. The summed E-state index contributed by atoms with van der Waals surface area (Å²) in [5, 5.41) is 0. The van der Waals surface area contributed by atoms with Crippen LogP contribution >= 0.6 is 0 Å². The SMILES string of the molecule is C=NC1=CC(C2=C(C)C=CCC2)C(CN)=C1. The van der Waals surface area contributed by atoms with E-state index in [1.54, 1.807) is 0 Å². The van der Waals surface area contributed by atoms with Gasteiger partial charge in [-0.2, -0.15) is 0 Å². The Morgan fingerprint density at radius 2 is 2.38 bits per heavy atom. The molecule has 2 N–H and O–H groups in total. The summed E-state index contributed by atoms with van der Waals surface area (Å²) in [7, 11) is 0. The lowest BCUT2D eigenvalue weighted by Crippen LogP contribution is -2.13. The summed E-state index contributed by atoms with van der Waals surface area (Å²) < 4.78 is 0. The van der Waals surface area contributed by atoms with E-state index in [1.165, 1.54) is 16.7 Å². The van der Waals surface area contributed by atoms with Gasteiger partial charge in [0.25, 0.3) is 0 Å². The zero-order valence-corrected chi connectivity index (χ0v) is 9.74. The molecule has 0 fully saturated rings. The van der Waals surface area contributed by atoms with Crippen molar-refractivity contribution in [1.82, 2.24) is 0 Å². The number of hydrogen-bond donors (Lipinski definition) is 1. The molecule has 84 valence electrons. The smallest absolute Gasteiger partial charge is 0.0592 e. The maximum Gasteiger partial charge on any atom is 0.0592 e. The van der Waals surface area contributed by atoms with E-state index < -0.39 is 0 Å². The number of allylic oxidation sites excluding steroid dienone is 6. The molecule has 0 aliphatic heterocycles. The second-order valence-corrected chi connectivity index (χ2v) is 4.30. The van der Waals surface area contributed by atoms with Gasteiger partial charge in [-0.3, -0.25) is 4.99 Å². The number of nitrogens with zero attached hydrogens (tertiary/aromatic N) is 1. The van der Waals surface area contributed by atoms with Gasteiger partial charge < -0.3 is 5.73 Å². The van der Waals surface area contributed by atoms with Crippen LogP contribution in [0.4, 0.5) is 0 Å². The quantitative estimate of drug-likeness (QED) is 0.721. The average Bonchev–Trinajstić information content (AvgIpc) is 2.72. The van der Waals surface area contributed by atoms with Crippen molar-refractivity contribution in [3.05, 3.63) is 46.7 Å². The van der Waals surface area contributed by atoms with Crippen molar-refractivity contribution < 1.29 is 0 Å². The van der Waals surface area contributed by atoms with Gasteiger partial charge in [-0.05, 0) is 44.2 Å². The van der Waals surface area contributed by atoms with Crippen LogP contribution in [-0.4, -0.2) is 13.3 Å². The second-order valence-electron chi connectivity index (χ2n) is 4.30. The molecular weight excluding hydrogens is 196 g/mol. The highest BCUT2D eigenvalue weighted by molar-refractivity contribution is 5.47. The van der Waals surface area contributed by atoms with Crippen molar-refractivity contribution in [2.45, 2.75) is 19.8 Å². The standard InChI is InChI=1S/C14H18N2/c1-10-5-3-4-6-13(10)14-8-12(16-2)7-11(14)9-15/h3,5,7-8,14H,2,4,6,9,15H2,1H3. The highest BCUT2D eigenvalue weighted by atomic mass is 14.7. The number of rotatable bonds is 3. The summed E-state index contributed by atoms with van der Waals surface area (Å²) >= 11 is 0. The van der Waals surface area contributed by atoms with Crippen LogP contribution in [0.5, 0.6) is 0 Å². The van der Waals surface area contributed by atoms with Crippen molar-refractivity contribution in [2.75, 3.05) is 6.54 Å². The minimum atomic E-state index is 0.357. The fraction of sp³-hybridized carbons (Fsp3) is 0.357. The molecular formula is C14H18N2. The Hall–Kier alpha value is -1.41. The summed E-state index contributed by atoms with van der Waals surface area (Å²) in [5.41, 5.74) is 10.9. The molecule has 0 saturated carbocycles. The van der Waals surface area contributed by atoms with E-state index in [-0.39, 0.29) is 0 Å². The van der Waals surface area contributed by atoms with Crippen LogP contribution in [0.25, 0.3) is 0 Å². The number of nitrogens with two attached hydrogens (primary N) is 1. The van der Waals surface area contributed by atoms with Crippen LogP contribution in [-0.2, 0) is 0 Å². The van der Waals surface area contributed by atoms with E-state index in [9.17, 15) is 0 Å². The molecule has 0 aromatic heterocycles. The first-order chi connectivity index (χ1) is 7.76. The molecule has 0 saturated heterocycles. The van der Waals surface area contributed by atoms with E-state index in [2.05, 4.69) is 42.9 Å². The van der Waals surface area contributed by atoms with Crippen molar-refractivity contribution in [3.63, 3.8) is 0 Å². The first-order valence-corrected chi connectivity index (χ1v) is 5.71. The van der Waals surface area contributed by atoms with Crippen molar-refractivity contribution >= 4 is 6.72 Å². The minimum Gasteiger partial charge on any atom is -0.327 e. The molecule has 0 aromatic rings. The molecule has 0 spiro atoms. The second kappa shape index (κ2) is 4.62. The summed E-state index contributed by atoms with van der Waals surface area (Å²) in [4.78, 5) is 3.99. The van der Waals surface area contributed by atoms with E-state index in [0.29, 0.717) is 12.5 Å². The third kappa shape index (κ3) is 1.93. The Labute approximate surface area is 96.9 Å². The van der Waals surface area contributed by atoms with Crippen LogP contribution in [0.3, 0.4) is 0 Å². The predicted octanol–water partition coefficient (Wildman–Crippen LogP) is 2.75. The first-order valence-electron chi connectivity index (χ1n) is 5.71. The monoisotopic (exact) mass is 214 g/mol. The zero-order valence-electron chi connectivity index (χ0n) is 9.74. The lowest BCUT2D eigenvalue weighted by molar-refractivity contribution is 0.774. The molecule has 1 atom stereocenters. The van der Waals surface area contributed by atoms with Crippen molar-refractivity contribution in [3.8, 4) is 0 Å². The molecule has 0 bridgehead atoms. The molecule has 0 aromatic carbocycles. The maximum absolute atomic E-state index is 5.79. The van der Waals surface area contributed by atoms with Gasteiger partial charge >= 0.3 is 0 Å².